The number of hydrogen-bond donors (Lipinski definition) is 1. The quantitative estimate of drug-likeness (QED) is 0.479. The molecule has 0 atom stereocenters. The van der Waals surface area contributed by atoms with Gasteiger partial charge in [-0.1, -0.05) is 12.1 Å². The SMILES string of the molecule is COC(=O)c1ccc(/C=C(/C#N)C(=O)Nc2ccc(N3CCOCC3)cc2)cc1. The predicted octanol–water partition coefficient (Wildman–Crippen LogP) is 2.86. The lowest BCUT2D eigenvalue weighted by Gasteiger charge is -2.28. The zero-order valence-corrected chi connectivity index (χ0v) is 16.1. The summed E-state index contributed by atoms with van der Waals surface area (Å²) < 4.78 is 10.0. The number of carbonyl (C=O) groups excluding carboxylic acids is 2. The summed E-state index contributed by atoms with van der Waals surface area (Å²) in [4.78, 5) is 26.1. The van der Waals surface area contributed by atoms with Crippen molar-refractivity contribution >= 4 is 29.3 Å². The van der Waals surface area contributed by atoms with Crippen LogP contribution in [0.3, 0.4) is 0 Å². The van der Waals surface area contributed by atoms with Crippen LogP contribution >= 0.6 is 0 Å². The number of rotatable bonds is 5. The predicted molar refractivity (Wildman–Crippen MR) is 109 cm³/mol. The van der Waals surface area contributed by atoms with Crippen LogP contribution in [-0.4, -0.2) is 45.3 Å². The standard InChI is InChI=1S/C22H21N3O4/c1-28-22(27)17-4-2-16(3-5-17)14-18(15-23)21(26)24-19-6-8-20(9-7-19)25-10-12-29-13-11-25/h2-9,14H,10-13H2,1H3,(H,24,26)/b18-14-. The van der Waals surface area contributed by atoms with E-state index in [9.17, 15) is 14.9 Å². The third-order valence-corrected chi connectivity index (χ3v) is 4.51. The second-order valence-corrected chi connectivity index (χ2v) is 6.38. The number of ether oxygens (including phenoxy) is 2. The molecule has 1 amide bonds. The lowest BCUT2D eigenvalue weighted by Crippen LogP contribution is -2.36. The highest BCUT2D eigenvalue weighted by Crippen LogP contribution is 2.20. The maximum absolute atomic E-state index is 12.5. The minimum absolute atomic E-state index is 0.0342. The van der Waals surface area contributed by atoms with Crippen molar-refractivity contribution in [2.45, 2.75) is 0 Å². The fourth-order valence-corrected chi connectivity index (χ4v) is 2.92. The molecule has 0 bridgehead atoms. The number of nitrogens with zero attached hydrogens (tertiary/aromatic N) is 2. The van der Waals surface area contributed by atoms with Gasteiger partial charge in [0.15, 0.2) is 0 Å². The van der Waals surface area contributed by atoms with Gasteiger partial charge in [-0.3, -0.25) is 4.79 Å². The molecule has 7 nitrogen and oxygen atoms in total. The molecule has 0 aliphatic carbocycles. The Bertz CT molecular complexity index is 938. The van der Waals surface area contributed by atoms with Crippen LogP contribution in [0.25, 0.3) is 6.08 Å². The normalized spacial score (nSPS) is 14.1. The second kappa shape index (κ2) is 9.53. The van der Waals surface area contributed by atoms with Gasteiger partial charge >= 0.3 is 5.97 Å². The van der Waals surface area contributed by atoms with Gasteiger partial charge < -0.3 is 19.7 Å². The van der Waals surface area contributed by atoms with Gasteiger partial charge in [0.05, 0.1) is 25.9 Å². The minimum Gasteiger partial charge on any atom is -0.465 e. The van der Waals surface area contributed by atoms with Gasteiger partial charge in [-0.05, 0) is 48.0 Å². The van der Waals surface area contributed by atoms with E-state index in [0.29, 0.717) is 30.0 Å². The molecule has 0 spiro atoms. The molecule has 1 fully saturated rings. The Morgan fingerprint density at radius 1 is 1.10 bits per heavy atom. The van der Waals surface area contributed by atoms with Crippen molar-refractivity contribution in [3.05, 3.63) is 65.2 Å². The molecule has 2 aromatic carbocycles. The van der Waals surface area contributed by atoms with Crippen LogP contribution in [0.2, 0.25) is 0 Å². The lowest BCUT2D eigenvalue weighted by atomic mass is 10.1. The van der Waals surface area contributed by atoms with Crippen LogP contribution in [0.1, 0.15) is 15.9 Å². The van der Waals surface area contributed by atoms with Gasteiger partial charge in [-0.15, -0.1) is 0 Å². The molecule has 29 heavy (non-hydrogen) atoms. The van der Waals surface area contributed by atoms with E-state index in [-0.39, 0.29) is 5.57 Å². The smallest absolute Gasteiger partial charge is 0.337 e. The highest BCUT2D eigenvalue weighted by Gasteiger charge is 2.13. The first kappa shape index (κ1) is 20.1. The fraction of sp³-hybridized carbons (Fsp3) is 0.227. The van der Waals surface area contributed by atoms with Crippen molar-refractivity contribution in [2.75, 3.05) is 43.6 Å². The monoisotopic (exact) mass is 391 g/mol. The molecule has 0 saturated carbocycles. The van der Waals surface area contributed by atoms with E-state index >= 15 is 0 Å². The van der Waals surface area contributed by atoms with Gasteiger partial charge in [0.25, 0.3) is 5.91 Å². The number of benzene rings is 2. The number of methoxy groups -OCH3 is 1. The molecule has 1 saturated heterocycles. The summed E-state index contributed by atoms with van der Waals surface area (Å²) in [5.74, 6) is -0.942. The molecule has 3 rings (SSSR count). The van der Waals surface area contributed by atoms with Gasteiger partial charge in [0, 0.05) is 24.5 Å². The van der Waals surface area contributed by atoms with Crippen LogP contribution in [0, 0.1) is 11.3 Å². The molecule has 1 aliphatic rings. The Labute approximate surface area is 169 Å². The van der Waals surface area contributed by atoms with Crippen molar-refractivity contribution in [1.82, 2.24) is 0 Å². The van der Waals surface area contributed by atoms with E-state index in [1.54, 1.807) is 24.3 Å². The summed E-state index contributed by atoms with van der Waals surface area (Å²) in [7, 11) is 1.31. The summed E-state index contributed by atoms with van der Waals surface area (Å²) in [5.41, 5.74) is 2.66. The Morgan fingerprint density at radius 2 is 1.76 bits per heavy atom. The van der Waals surface area contributed by atoms with E-state index in [4.69, 9.17) is 4.74 Å². The molecular weight excluding hydrogens is 370 g/mol. The van der Waals surface area contributed by atoms with E-state index in [2.05, 4.69) is 15.0 Å². The van der Waals surface area contributed by atoms with Crippen LogP contribution in [0.4, 0.5) is 11.4 Å². The summed E-state index contributed by atoms with van der Waals surface area (Å²) in [5, 5.41) is 12.1. The Kier molecular flexibility index (Phi) is 6.61. The zero-order chi connectivity index (χ0) is 20.6. The molecule has 1 N–H and O–H groups in total. The number of esters is 1. The average Bonchev–Trinajstić information content (AvgIpc) is 2.78. The molecule has 148 valence electrons. The molecule has 0 unspecified atom stereocenters. The lowest BCUT2D eigenvalue weighted by molar-refractivity contribution is -0.112. The number of hydrogen-bond acceptors (Lipinski definition) is 6. The van der Waals surface area contributed by atoms with E-state index in [1.165, 1.54) is 13.2 Å². The first-order chi connectivity index (χ1) is 14.1. The van der Waals surface area contributed by atoms with Crippen molar-refractivity contribution < 1.29 is 19.1 Å². The molecular formula is C22H21N3O4. The van der Waals surface area contributed by atoms with E-state index in [1.807, 2.05) is 30.3 Å². The van der Waals surface area contributed by atoms with E-state index < -0.39 is 11.9 Å². The molecule has 2 aromatic rings. The van der Waals surface area contributed by atoms with Gasteiger partial charge in [0.1, 0.15) is 11.6 Å². The van der Waals surface area contributed by atoms with Crippen molar-refractivity contribution in [2.24, 2.45) is 0 Å². The Balaban J connectivity index is 1.67. The first-order valence-electron chi connectivity index (χ1n) is 9.15. The molecule has 7 heteroatoms. The average molecular weight is 391 g/mol. The Morgan fingerprint density at radius 3 is 2.34 bits per heavy atom. The fourth-order valence-electron chi connectivity index (χ4n) is 2.92. The number of amides is 1. The van der Waals surface area contributed by atoms with E-state index in [0.717, 1.165) is 18.8 Å². The van der Waals surface area contributed by atoms with Crippen LogP contribution < -0.4 is 10.2 Å². The highest BCUT2D eigenvalue weighted by atomic mass is 16.5. The van der Waals surface area contributed by atoms with Gasteiger partial charge in [-0.25, -0.2) is 4.79 Å². The number of morpholine rings is 1. The number of anilines is 2. The van der Waals surface area contributed by atoms with Crippen LogP contribution in [0.5, 0.6) is 0 Å². The second-order valence-electron chi connectivity index (χ2n) is 6.38. The van der Waals surface area contributed by atoms with Crippen molar-refractivity contribution in [3.8, 4) is 6.07 Å². The summed E-state index contributed by atoms with van der Waals surface area (Å²) >= 11 is 0. The number of nitrogens with one attached hydrogen (secondary N) is 1. The molecule has 0 radical (unpaired) electrons. The molecule has 1 aliphatic heterocycles. The van der Waals surface area contributed by atoms with Crippen molar-refractivity contribution in [1.29, 1.82) is 5.26 Å². The number of nitriles is 1. The topological polar surface area (TPSA) is 91.7 Å². The third-order valence-electron chi connectivity index (χ3n) is 4.51. The van der Waals surface area contributed by atoms with Gasteiger partial charge in [0.2, 0.25) is 0 Å². The maximum atomic E-state index is 12.5. The number of carbonyl (C=O) groups is 2. The first-order valence-corrected chi connectivity index (χ1v) is 9.15. The molecule has 0 aromatic heterocycles. The van der Waals surface area contributed by atoms with Crippen molar-refractivity contribution in [3.63, 3.8) is 0 Å². The van der Waals surface area contributed by atoms with Crippen LogP contribution in [-0.2, 0) is 14.3 Å². The highest BCUT2D eigenvalue weighted by molar-refractivity contribution is 6.09. The largest absolute Gasteiger partial charge is 0.465 e. The van der Waals surface area contributed by atoms with Crippen LogP contribution in [0.15, 0.2) is 54.1 Å². The molecule has 1 heterocycles. The minimum atomic E-state index is -0.497. The Hall–Kier alpha value is -3.63. The third kappa shape index (κ3) is 5.21. The summed E-state index contributed by atoms with van der Waals surface area (Å²) in [6.07, 6.45) is 1.47. The summed E-state index contributed by atoms with van der Waals surface area (Å²) in [6, 6.07) is 15.9. The maximum Gasteiger partial charge on any atom is 0.337 e. The zero-order valence-electron chi connectivity index (χ0n) is 16.1. The van der Waals surface area contributed by atoms with Gasteiger partial charge in [-0.2, -0.15) is 5.26 Å². The summed E-state index contributed by atoms with van der Waals surface area (Å²) in [6.45, 7) is 3.08.